The van der Waals surface area contributed by atoms with Crippen LogP contribution < -0.4 is 10.6 Å². The van der Waals surface area contributed by atoms with Crippen LogP contribution in [0.1, 0.15) is 57.1 Å². The average Bonchev–Trinajstić information content (AvgIpc) is 3.30. The fourth-order valence-electron chi connectivity index (χ4n) is 5.10. The molecule has 0 amide bonds. The Bertz CT molecular complexity index is 1210. The first-order valence-corrected chi connectivity index (χ1v) is 12.8. The van der Waals surface area contributed by atoms with Gasteiger partial charge in [-0.25, -0.2) is 4.98 Å². The first kappa shape index (κ1) is 23.6. The number of ether oxygens (including phenoxy) is 1. The first-order valence-electron chi connectivity index (χ1n) is 12.8. The summed E-state index contributed by atoms with van der Waals surface area (Å²) in [7, 11) is 0. The van der Waals surface area contributed by atoms with E-state index in [0.717, 1.165) is 47.8 Å². The summed E-state index contributed by atoms with van der Waals surface area (Å²) in [5, 5.41) is 7.01. The van der Waals surface area contributed by atoms with Gasteiger partial charge in [0.2, 0.25) is 5.95 Å². The Kier molecular flexibility index (Phi) is 7.16. The maximum Gasteiger partial charge on any atom is 0.231 e. The third kappa shape index (κ3) is 5.92. The minimum atomic E-state index is 0.259. The van der Waals surface area contributed by atoms with E-state index in [1.54, 1.807) is 6.33 Å². The lowest BCUT2D eigenvalue weighted by Gasteiger charge is -2.34. The molecule has 1 aliphatic carbocycles. The van der Waals surface area contributed by atoms with E-state index in [4.69, 9.17) is 9.72 Å². The molecule has 1 aliphatic heterocycles. The van der Waals surface area contributed by atoms with Crippen molar-refractivity contribution in [1.82, 2.24) is 24.8 Å². The fraction of sp³-hybridized carbons (Fsp3) is 0.519. The highest BCUT2D eigenvalue weighted by Gasteiger charge is 2.21. The smallest absolute Gasteiger partial charge is 0.231 e. The monoisotopic (exact) mass is 473 g/mol. The summed E-state index contributed by atoms with van der Waals surface area (Å²) in [4.78, 5) is 19.3. The highest BCUT2D eigenvalue weighted by atomic mass is 16.5. The molecule has 3 aromatic rings. The second kappa shape index (κ2) is 10.6. The van der Waals surface area contributed by atoms with Crippen LogP contribution in [0.25, 0.3) is 11.2 Å². The Morgan fingerprint density at radius 3 is 2.69 bits per heavy atom. The molecule has 1 saturated carbocycles. The van der Waals surface area contributed by atoms with E-state index in [0.29, 0.717) is 17.6 Å². The van der Waals surface area contributed by atoms with Crippen LogP contribution in [0.5, 0.6) is 0 Å². The quantitative estimate of drug-likeness (QED) is 0.466. The van der Waals surface area contributed by atoms with Crippen LogP contribution in [-0.4, -0.2) is 62.7 Å². The maximum absolute atomic E-state index is 5.81. The molecule has 8 nitrogen and oxygen atoms in total. The van der Waals surface area contributed by atoms with Gasteiger partial charge in [0.25, 0.3) is 0 Å². The van der Waals surface area contributed by atoms with Crippen LogP contribution in [0.3, 0.4) is 0 Å². The lowest BCUT2D eigenvalue weighted by Crippen LogP contribution is -2.45. The van der Waals surface area contributed by atoms with Crippen molar-refractivity contribution in [2.75, 3.05) is 30.3 Å². The molecule has 3 N–H and O–H groups in total. The number of nitrogens with one attached hydrogen (secondary N) is 3. The van der Waals surface area contributed by atoms with Gasteiger partial charge >= 0.3 is 0 Å². The summed E-state index contributed by atoms with van der Waals surface area (Å²) in [5.41, 5.74) is 4.58. The van der Waals surface area contributed by atoms with E-state index in [9.17, 15) is 0 Å². The van der Waals surface area contributed by atoms with Crippen molar-refractivity contribution in [2.24, 2.45) is 0 Å². The third-order valence-corrected chi connectivity index (χ3v) is 6.74. The normalized spacial score (nSPS) is 21.5. The molecule has 0 unspecified atom stereocenters. The molecule has 184 valence electrons. The molecular formula is C27H35N7O. The molecule has 3 heterocycles. The van der Waals surface area contributed by atoms with Crippen LogP contribution in [0.2, 0.25) is 0 Å². The second-order valence-corrected chi connectivity index (χ2v) is 9.88. The maximum atomic E-state index is 5.81. The van der Waals surface area contributed by atoms with Crippen molar-refractivity contribution in [3.63, 3.8) is 0 Å². The second-order valence-electron chi connectivity index (χ2n) is 9.88. The highest BCUT2D eigenvalue weighted by molar-refractivity contribution is 5.84. The summed E-state index contributed by atoms with van der Waals surface area (Å²) in [6.07, 6.45) is 8.38. The summed E-state index contributed by atoms with van der Waals surface area (Å²) in [6.45, 7) is 8.93. The topological polar surface area (TPSA) is 91.0 Å². The molecule has 0 spiro atoms. The van der Waals surface area contributed by atoms with Gasteiger partial charge in [-0.2, -0.15) is 9.97 Å². The van der Waals surface area contributed by atoms with Crippen LogP contribution in [0.4, 0.5) is 17.5 Å². The number of benzene rings is 1. The molecule has 5 rings (SSSR count). The summed E-state index contributed by atoms with van der Waals surface area (Å²) >= 11 is 0. The van der Waals surface area contributed by atoms with Crippen molar-refractivity contribution >= 4 is 28.6 Å². The van der Waals surface area contributed by atoms with Gasteiger partial charge in [-0.05, 0) is 57.4 Å². The molecule has 2 atom stereocenters. The zero-order chi connectivity index (χ0) is 24.2. The predicted molar refractivity (Wildman–Crippen MR) is 140 cm³/mol. The van der Waals surface area contributed by atoms with Crippen LogP contribution in [0, 0.1) is 18.8 Å². The van der Waals surface area contributed by atoms with Crippen molar-refractivity contribution in [2.45, 2.75) is 71.1 Å². The number of hydrogen-bond acceptors (Lipinski definition) is 7. The average molecular weight is 474 g/mol. The molecule has 1 aromatic carbocycles. The Hall–Kier alpha value is -3.15. The third-order valence-electron chi connectivity index (χ3n) is 6.74. The molecule has 8 heteroatoms. The molecule has 1 saturated heterocycles. The van der Waals surface area contributed by atoms with E-state index in [2.05, 4.69) is 69.2 Å². The lowest BCUT2D eigenvalue weighted by atomic mass is 9.95. The van der Waals surface area contributed by atoms with Gasteiger partial charge in [0.1, 0.15) is 5.52 Å². The molecule has 2 aliphatic rings. The van der Waals surface area contributed by atoms with E-state index < -0.39 is 0 Å². The van der Waals surface area contributed by atoms with Gasteiger partial charge in [0.15, 0.2) is 11.5 Å². The largest absolute Gasteiger partial charge is 0.373 e. The minimum absolute atomic E-state index is 0.259. The summed E-state index contributed by atoms with van der Waals surface area (Å²) in [5.74, 6) is 8.00. The number of aryl methyl sites for hydroxylation is 1. The molecule has 0 bridgehead atoms. The van der Waals surface area contributed by atoms with Gasteiger partial charge in [-0.1, -0.05) is 31.1 Å². The van der Waals surface area contributed by atoms with Gasteiger partial charge in [-0.15, -0.1) is 0 Å². The van der Waals surface area contributed by atoms with Crippen LogP contribution in [-0.2, 0) is 4.74 Å². The molecule has 35 heavy (non-hydrogen) atoms. The van der Waals surface area contributed by atoms with Crippen molar-refractivity contribution in [3.05, 3.63) is 35.7 Å². The predicted octanol–water partition coefficient (Wildman–Crippen LogP) is 4.61. The number of nitrogens with zero attached hydrogens (tertiary/aromatic N) is 4. The number of hydrogen-bond donors (Lipinski definition) is 3. The van der Waals surface area contributed by atoms with E-state index >= 15 is 0 Å². The number of imidazole rings is 1. The number of fused-ring (bicyclic) bond motifs is 1. The standard InChI is InChI=1S/C27H35N7O/c1-18-14-21(8-7-13-34-15-19(2)35-20(3)16-34)11-12-23(18)31-27-32-25-24(28-17-29-25)26(33-27)30-22-9-5-4-6-10-22/h11-12,14,17,19-20,22H,4-6,9-10,13,15-16H2,1-3H3,(H3,28,29,30,31,32,33)/t19-,20+. The number of rotatable bonds is 5. The van der Waals surface area contributed by atoms with Gasteiger partial charge in [0.05, 0.1) is 25.1 Å². The number of anilines is 3. The SMILES string of the molecule is Cc1cc(C#CCN2C[C@@H](C)O[C@@H](C)C2)ccc1Nc1nc(NC2CCCCC2)c2[nH]cnc2n1. The van der Waals surface area contributed by atoms with Crippen molar-refractivity contribution in [1.29, 1.82) is 0 Å². The van der Waals surface area contributed by atoms with Gasteiger partial charge in [-0.3, -0.25) is 4.90 Å². The number of H-pyrrole nitrogens is 1. The van der Waals surface area contributed by atoms with E-state index in [1.165, 1.54) is 32.1 Å². The minimum Gasteiger partial charge on any atom is -0.373 e. The fourth-order valence-corrected chi connectivity index (χ4v) is 5.10. The highest BCUT2D eigenvalue weighted by Crippen LogP contribution is 2.26. The van der Waals surface area contributed by atoms with Crippen LogP contribution >= 0.6 is 0 Å². The van der Waals surface area contributed by atoms with Gasteiger partial charge in [0, 0.05) is 30.4 Å². The zero-order valence-corrected chi connectivity index (χ0v) is 20.9. The van der Waals surface area contributed by atoms with Crippen molar-refractivity contribution < 1.29 is 4.74 Å². The number of morpholine rings is 1. The van der Waals surface area contributed by atoms with E-state index in [1.807, 2.05) is 12.1 Å². The summed E-state index contributed by atoms with van der Waals surface area (Å²) in [6, 6.07) is 6.64. The van der Waals surface area contributed by atoms with E-state index in [-0.39, 0.29) is 12.2 Å². The number of aromatic amines is 1. The lowest BCUT2D eigenvalue weighted by molar-refractivity contribution is -0.0640. The zero-order valence-electron chi connectivity index (χ0n) is 20.9. The van der Waals surface area contributed by atoms with Crippen LogP contribution in [0.15, 0.2) is 24.5 Å². The molecule has 2 aromatic heterocycles. The van der Waals surface area contributed by atoms with Gasteiger partial charge < -0.3 is 20.4 Å². The molecular weight excluding hydrogens is 438 g/mol. The Balaban J connectivity index is 1.28. The van der Waals surface area contributed by atoms with Crippen molar-refractivity contribution in [3.8, 4) is 11.8 Å². The molecule has 2 fully saturated rings. The number of aromatic nitrogens is 4. The first-order chi connectivity index (χ1) is 17.0. The Morgan fingerprint density at radius 2 is 1.91 bits per heavy atom. The Morgan fingerprint density at radius 1 is 1.11 bits per heavy atom. The summed E-state index contributed by atoms with van der Waals surface area (Å²) < 4.78 is 5.81. The Labute approximate surface area is 207 Å². The molecule has 0 radical (unpaired) electrons.